The number of likely N-dealkylation sites (N-methyl/N-ethyl adjacent to an activating group) is 2. The zero-order valence-electron chi connectivity index (χ0n) is 41.1. The number of ether oxygens (including phenoxy) is 6. The third-order valence-corrected chi connectivity index (χ3v) is 14.2. The number of primary amides is 1. The van der Waals surface area contributed by atoms with Crippen molar-refractivity contribution in [3.63, 3.8) is 0 Å². The number of carbonyl (C=O) groups excluding carboxylic acids is 2. The molecule has 8 N–H and O–H groups in total. The number of carbonyl (C=O) groups is 2. The lowest BCUT2D eigenvalue weighted by Gasteiger charge is -2.55. The van der Waals surface area contributed by atoms with Gasteiger partial charge in [-0.15, -0.1) is 0 Å². The van der Waals surface area contributed by atoms with Crippen LogP contribution in [0.2, 0.25) is 0 Å². The van der Waals surface area contributed by atoms with Crippen LogP contribution in [-0.4, -0.2) is 203 Å². The molecule has 0 aromatic heterocycles. The van der Waals surface area contributed by atoms with E-state index in [0.717, 1.165) is 19.5 Å². The molecule has 0 aliphatic carbocycles. The molecule has 0 radical (unpaired) electrons. The molecule has 3 heterocycles. The first-order chi connectivity index (χ1) is 29.1. The molecule has 18 heteroatoms. The summed E-state index contributed by atoms with van der Waals surface area (Å²) in [4.78, 5) is 32.3. The van der Waals surface area contributed by atoms with Crippen molar-refractivity contribution < 1.29 is 63.5 Å². The minimum Gasteiger partial charge on any atom is -0.459 e. The maximum atomic E-state index is 14.5. The van der Waals surface area contributed by atoms with Gasteiger partial charge in [0.05, 0.1) is 42.0 Å². The number of urea groups is 1. The molecule has 370 valence electrons. The number of aliphatic hydroxyl groups is 5. The Morgan fingerprint density at radius 2 is 1.57 bits per heavy atom. The van der Waals surface area contributed by atoms with Crippen molar-refractivity contribution in [2.24, 2.45) is 23.5 Å². The third-order valence-electron chi connectivity index (χ3n) is 14.2. The van der Waals surface area contributed by atoms with E-state index < -0.39 is 114 Å². The molecule has 3 aliphatic rings. The predicted molar refractivity (Wildman–Crippen MR) is 237 cm³/mol. The Kier molecular flexibility index (Phi) is 20.1. The quantitative estimate of drug-likeness (QED) is 0.123. The van der Waals surface area contributed by atoms with Gasteiger partial charge in [0.15, 0.2) is 12.6 Å². The number of rotatable bonds is 14. The molecule has 18 atom stereocenters. The molecular formula is C45H87N5O13. The topological polar surface area (TPSA) is 238 Å². The Morgan fingerprint density at radius 1 is 0.937 bits per heavy atom. The van der Waals surface area contributed by atoms with E-state index >= 15 is 0 Å². The fourth-order valence-electron chi connectivity index (χ4n) is 10.0. The van der Waals surface area contributed by atoms with Gasteiger partial charge in [-0.05, 0) is 107 Å². The van der Waals surface area contributed by atoms with Gasteiger partial charge in [-0.2, -0.15) is 0 Å². The highest BCUT2D eigenvalue weighted by Gasteiger charge is 2.59. The number of hydrogen-bond acceptors (Lipinski definition) is 16. The summed E-state index contributed by atoms with van der Waals surface area (Å²) in [5, 5.41) is 63.4. The molecular weight excluding hydrogens is 819 g/mol. The molecule has 0 bridgehead atoms. The first-order valence-electron chi connectivity index (χ1n) is 23.1. The number of nitrogens with two attached hydrogens (primary N) is 1. The van der Waals surface area contributed by atoms with Gasteiger partial charge in [0, 0.05) is 52.2 Å². The highest BCUT2D eigenvalue weighted by atomic mass is 16.7. The fraction of sp³-hybridized carbons (Fsp3) is 0.956. The number of nitrogens with one attached hydrogen (secondary N) is 1. The number of hydrogen-bond donors (Lipinski definition) is 7. The summed E-state index contributed by atoms with van der Waals surface area (Å²) in [6.07, 6.45) is -8.37. The van der Waals surface area contributed by atoms with Crippen LogP contribution in [0.15, 0.2) is 0 Å². The molecule has 0 saturated carbocycles. The Morgan fingerprint density at radius 3 is 2.13 bits per heavy atom. The highest BCUT2D eigenvalue weighted by Crippen LogP contribution is 2.44. The smallest absolute Gasteiger partial charge is 0.314 e. The van der Waals surface area contributed by atoms with E-state index in [0.29, 0.717) is 13.1 Å². The second kappa shape index (κ2) is 22.8. The van der Waals surface area contributed by atoms with Crippen LogP contribution in [0.3, 0.4) is 0 Å². The van der Waals surface area contributed by atoms with Gasteiger partial charge in [0.25, 0.3) is 0 Å². The summed E-state index contributed by atoms with van der Waals surface area (Å²) in [5.41, 5.74) is -0.590. The standard InChI is InChI=1S/C45H87N5O13/c1-16-18-50(20-19-48(12)13)25-45(57)31(8)60-34(23-43(45,10)58-15)62-36-28(5)38(63-40-35(51)32(21-27(4)59-40)49(14)41(46)54)42(9,55)22-26(3)24-47-30(7)37(52)44(11,56)33(17-2)61-39(53)29(36)6/h26-38,40,47,51-52,55-57H,16-25H2,1-15H3,(H2,46,54)/t26-,27-,28+,29-,30-,31+,32+,33-,34+,35-,36+,37-,38-,40+,42-,43-,44-,45+/m1/s1. The van der Waals surface area contributed by atoms with E-state index in [-0.39, 0.29) is 38.1 Å². The van der Waals surface area contributed by atoms with Crippen LogP contribution in [0.25, 0.3) is 0 Å². The zero-order chi connectivity index (χ0) is 48.0. The molecule has 3 rings (SSSR count). The fourth-order valence-corrected chi connectivity index (χ4v) is 10.0. The number of esters is 1. The largest absolute Gasteiger partial charge is 0.459 e. The first kappa shape index (κ1) is 55.5. The lowest BCUT2D eigenvalue weighted by Crippen LogP contribution is -2.70. The van der Waals surface area contributed by atoms with Gasteiger partial charge in [-0.3, -0.25) is 9.69 Å². The Balaban J connectivity index is 2.18. The molecule has 3 saturated heterocycles. The Hall–Kier alpha value is -1.78. The predicted octanol–water partition coefficient (Wildman–Crippen LogP) is 1.65. The van der Waals surface area contributed by atoms with E-state index in [1.807, 2.05) is 27.9 Å². The van der Waals surface area contributed by atoms with Crippen LogP contribution < -0.4 is 11.1 Å². The van der Waals surface area contributed by atoms with E-state index in [9.17, 15) is 35.1 Å². The van der Waals surface area contributed by atoms with Gasteiger partial charge in [-0.1, -0.05) is 27.7 Å². The minimum atomic E-state index is -1.86. The van der Waals surface area contributed by atoms with Crippen molar-refractivity contribution in [3.05, 3.63) is 0 Å². The van der Waals surface area contributed by atoms with Crippen molar-refractivity contribution in [1.29, 1.82) is 0 Å². The summed E-state index contributed by atoms with van der Waals surface area (Å²) >= 11 is 0. The van der Waals surface area contributed by atoms with Gasteiger partial charge in [0.2, 0.25) is 0 Å². The average Bonchev–Trinajstić information content (AvgIpc) is 3.20. The number of amides is 2. The van der Waals surface area contributed by atoms with Crippen molar-refractivity contribution in [2.45, 2.75) is 198 Å². The normalized spacial score (nSPS) is 43.9. The van der Waals surface area contributed by atoms with Crippen LogP contribution in [-0.2, 0) is 33.2 Å². The lowest BCUT2D eigenvalue weighted by atomic mass is 9.74. The Labute approximate surface area is 377 Å². The molecule has 0 aromatic carbocycles. The molecule has 3 fully saturated rings. The van der Waals surface area contributed by atoms with Crippen molar-refractivity contribution in [2.75, 3.05) is 61.0 Å². The third kappa shape index (κ3) is 13.2. The van der Waals surface area contributed by atoms with E-state index in [2.05, 4.69) is 22.0 Å². The minimum absolute atomic E-state index is 0.0487. The Bertz CT molecular complexity index is 1450. The van der Waals surface area contributed by atoms with E-state index in [1.165, 1.54) is 18.9 Å². The van der Waals surface area contributed by atoms with Gasteiger partial charge in [0.1, 0.15) is 35.1 Å². The van der Waals surface area contributed by atoms with Gasteiger partial charge < -0.3 is 74.8 Å². The van der Waals surface area contributed by atoms with Crippen molar-refractivity contribution in [3.8, 4) is 0 Å². The van der Waals surface area contributed by atoms with E-state index in [4.69, 9.17) is 34.2 Å². The maximum absolute atomic E-state index is 14.5. The number of cyclic esters (lactones) is 1. The molecule has 63 heavy (non-hydrogen) atoms. The molecule has 2 amide bonds. The summed E-state index contributed by atoms with van der Waals surface area (Å²) in [5.74, 6) is -2.97. The molecule has 18 nitrogen and oxygen atoms in total. The van der Waals surface area contributed by atoms with Crippen LogP contribution in [0.5, 0.6) is 0 Å². The zero-order valence-corrected chi connectivity index (χ0v) is 41.1. The second-order valence-electron chi connectivity index (χ2n) is 20.1. The van der Waals surface area contributed by atoms with Crippen LogP contribution >= 0.6 is 0 Å². The van der Waals surface area contributed by atoms with Crippen molar-refractivity contribution in [1.82, 2.24) is 20.0 Å². The summed E-state index contributed by atoms with van der Waals surface area (Å²) in [7, 11) is 7.04. The monoisotopic (exact) mass is 906 g/mol. The van der Waals surface area contributed by atoms with Crippen molar-refractivity contribution >= 4 is 12.0 Å². The van der Waals surface area contributed by atoms with Crippen LogP contribution in [0.4, 0.5) is 4.79 Å². The van der Waals surface area contributed by atoms with Gasteiger partial charge >= 0.3 is 12.0 Å². The van der Waals surface area contributed by atoms with Crippen LogP contribution in [0.1, 0.15) is 108 Å². The summed E-state index contributed by atoms with van der Waals surface area (Å²) in [6, 6.07) is -2.15. The average molecular weight is 906 g/mol. The lowest BCUT2D eigenvalue weighted by molar-refractivity contribution is -0.339. The van der Waals surface area contributed by atoms with Crippen LogP contribution in [0, 0.1) is 17.8 Å². The summed E-state index contributed by atoms with van der Waals surface area (Å²) < 4.78 is 38.7. The number of methoxy groups -OCH3 is 1. The number of aliphatic hydroxyl groups excluding tert-OH is 2. The SMILES string of the molecule is CCCN(CCN(C)C)C[C@]1(O)[C@H](C)O[C@@H](O[C@H]2[C@H](C)[C@@H](O[C@@H]3O[C@H](C)C[C@H](N(C)C(N)=O)[C@H]3O)[C@](C)(O)C[C@@H](C)CN[C@H](C)[C@@H](O)[C@](C)(O)[C@@H](CC)OC(=O)[C@@H]2C)C[C@@]1(C)OC. The highest BCUT2D eigenvalue weighted by molar-refractivity contribution is 5.73. The maximum Gasteiger partial charge on any atom is 0.314 e. The molecule has 0 unspecified atom stereocenters. The molecule has 0 spiro atoms. The molecule has 3 aliphatic heterocycles. The van der Waals surface area contributed by atoms with E-state index in [1.54, 1.807) is 55.6 Å². The molecule has 0 aromatic rings. The van der Waals surface area contributed by atoms with Gasteiger partial charge in [-0.25, -0.2) is 4.79 Å². The number of nitrogens with zero attached hydrogens (tertiary/aromatic N) is 3. The summed E-state index contributed by atoms with van der Waals surface area (Å²) in [6.45, 7) is 22.2. The first-order valence-corrected chi connectivity index (χ1v) is 23.1. The second-order valence-corrected chi connectivity index (χ2v) is 20.1.